The molecule has 0 bridgehead atoms. The van der Waals surface area contributed by atoms with Gasteiger partial charge < -0.3 is 14.3 Å². The fourth-order valence-corrected chi connectivity index (χ4v) is 3.75. The van der Waals surface area contributed by atoms with Crippen molar-refractivity contribution in [2.24, 2.45) is 5.92 Å². The van der Waals surface area contributed by atoms with E-state index in [9.17, 15) is 9.59 Å². The van der Waals surface area contributed by atoms with E-state index in [4.69, 9.17) is 4.52 Å². The standard InChI is InChI=1S/C19H24N6O3/c1-12-8-21-16(9-20-12)19(27)25-10-14(11-25)7-17-22-18(23-28-17)15-3-5-24(6-4-15)13(2)26/h8-9,14-15H,3-7,10-11H2,1-2H3. The molecule has 28 heavy (non-hydrogen) atoms. The first-order valence-corrected chi connectivity index (χ1v) is 9.65. The summed E-state index contributed by atoms with van der Waals surface area (Å²) in [5.41, 5.74) is 1.17. The van der Waals surface area contributed by atoms with Gasteiger partial charge in [-0.05, 0) is 19.8 Å². The Morgan fingerprint density at radius 2 is 1.89 bits per heavy atom. The maximum Gasteiger partial charge on any atom is 0.274 e. The van der Waals surface area contributed by atoms with E-state index < -0.39 is 0 Å². The molecule has 0 aliphatic carbocycles. The van der Waals surface area contributed by atoms with Gasteiger partial charge in [0.05, 0.1) is 11.9 Å². The average Bonchev–Trinajstić information content (AvgIpc) is 3.13. The summed E-state index contributed by atoms with van der Waals surface area (Å²) in [6, 6.07) is 0. The Morgan fingerprint density at radius 1 is 1.14 bits per heavy atom. The van der Waals surface area contributed by atoms with E-state index in [2.05, 4.69) is 20.1 Å². The van der Waals surface area contributed by atoms with Crippen LogP contribution in [0.25, 0.3) is 0 Å². The molecule has 2 aliphatic rings. The molecule has 9 heteroatoms. The zero-order chi connectivity index (χ0) is 19.7. The lowest BCUT2D eigenvalue weighted by atomic mass is 9.95. The first-order valence-electron chi connectivity index (χ1n) is 9.65. The fourth-order valence-electron chi connectivity index (χ4n) is 3.75. The smallest absolute Gasteiger partial charge is 0.274 e. The minimum absolute atomic E-state index is 0.0906. The van der Waals surface area contributed by atoms with Crippen molar-refractivity contribution in [3.63, 3.8) is 0 Å². The Morgan fingerprint density at radius 3 is 2.54 bits per heavy atom. The summed E-state index contributed by atoms with van der Waals surface area (Å²) in [4.78, 5) is 40.2. The molecule has 4 rings (SSSR count). The van der Waals surface area contributed by atoms with Crippen LogP contribution in [0.2, 0.25) is 0 Å². The molecule has 0 saturated carbocycles. The number of piperidine rings is 1. The Kier molecular flexibility index (Phi) is 5.06. The number of hydrogen-bond donors (Lipinski definition) is 0. The third kappa shape index (κ3) is 3.88. The Bertz CT molecular complexity index is 851. The largest absolute Gasteiger partial charge is 0.343 e. The van der Waals surface area contributed by atoms with Crippen molar-refractivity contribution in [2.45, 2.75) is 39.0 Å². The summed E-state index contributed by atoms with van der Waals surface area (Å²) in [6.45, 7) is 6.24. The van der Waals surface area contributed by atoms with E-state index in [0.717, 1.165) is 37.4 Å². The second-order valence-corrected chi connectivity index (χ2v) is 7.65. The predicted octanol–water partition coefficient (Wildman–Crippen LogP) is 1.21. The number of nitrogens with zero attached hydrogens (tertiary/aromatic N) is 6. The van der Waals surface area contributed by atoms with Crippen LogP contribution < -0.4 is 0 Å². The molecular weight excluding hydrogens is 360 g/mol. The van der Waals surface area contributed by atoms with Gasteiger partial charge in [0.2, 0.25) is 11.8 Å². The molecule has 0 atom stereocenters. The van der Waals surface area contributed by atoms with Gasteiger partial charge in [-0.15, -0.1) is 0 Å². The zero-order valence-corrected chi connectivity index (χ0v) is 16.2. The van der Waals surface area contributed by atoms with Crippen molar-refractivity contribution < 1.29 is 14.1 Å². The minimum Gasteiger partial charge on any atom is -0.343 e. The van der Waals surface area contributed by atoms with Crippen molar-refractivity contribution in [2.75, 3.05) is 26.2 Å². The maximum absolute atomic E-state index is 12.4. The maximum atomic E-state index is 12.4. The zero-order valence-electron chi connectivity index (χ0n) is 16.2. The van der Waals surface area contributed by atoms with Gasteiger partial charge in [-0.1, -0.05) is 5.16 Å². The van der Waals surface area contributed by atoms with Gasteiger partial charge in [-0.2, -0.15) is 4.98 Å². The number of hydrogen-bond acceptors (Lipinski definition) is 7. The molecule has 2 fully saturated rings. The van der Waals surface area contributed by atoms with Crippen LogP contribution in [0.3, 0.4) is 0 Å². The predicted molar refractivity (Wildman–Crippen MR) is 98.4 cm³/mol. The molecule has 0 spiro atoms. The van der Waals surface area contributed by atoms with Gasteiger partial charge >= 0.3 is 0 Å². The summed E-state index contributed by atoms with van der Waals surface area (Å²) in [7, 11) is 0. The lowest BCUT2D eigenvalue weighted by Gasteiger charge is -2.38. The minimum atomic E-state index is -0.0906. The van der Waals surface area contributed by atoms with Gasteiger partial charge in [0.25, 0.3) is 5.91 Å². The Hall–Kier alpha value is -2.84. The lowest BCUT2D eigenvalue weighted by molar-refractivity contribution is -0.129. The van der Waals surface area contributed by atoms with E-state index in [1.807, 2.05) is 11.8 Å². The molecule has 2 amide bonds. The molecule has 9 nitrogen and oxygen atoms in total. The first-order chi connectivity index (χ1) is 13.5. The number of carbonyl (C=O) groups excluding carboxylic acids is 2. The van der Waals surface area contributed by atoms with Crippen LogP contribution in [-0.4, -0.2) is 67.9 Å². The summed E-state index contributed by atoms with van der Waals surface area (Å²) in [5.74, 6) is 1.94. The van der Waals surface area contributed by atoms with Crippen LogP contribution >= 0.6 is 0 Å². The number of rotatable bonds is 4. The third-order valence-electron chi connectivity index (χ3n) is 5.50. The molecule has 0 aromatic carbocycles. The molecule has 0 N–H and O–H groups in total. The highest BCUT2D eigenvalue weighted by Crippen LogP contribution is 2.27. The lowest BCUT2D eigenvalue weighted by Crippen LogP contribution is -2.51. The number of carbonyl (C=O) groups is 2. The van der Waals surface area contributed by atoms with Crippen LogP contribution in [0.4, 0.5) is 0 Å². The normalized spacial score (nSPS) is 18.2. The average molecular weight is 384 g/mol. The van der Waals surface area contributed by atoms with E-state index in [0.29, 0.717) is 37.0 Å². The molecule has 2 aromatic rings. The summed E-state index contributed by atoms with van der Waals surface area (Å²) >= 11 is 0. The second kappa shape index (κ2) is 7.65. The van der Waals surface area contributed by atoms with Crippen molar-refractivity contribution in [3.05, 3.63) is 35.5 Å². The van der Waals surface area contributed by atoms with Gasteiger partial charge in [0, 0.05) is 57.6 Å². The molecule has 2 aromatic heterocycles. The molecule has 0 radical (unpaired) electrons. The summed E-state index contributed by atoms with van der Waals surface area (Å²) in [6.07, 6.45) is 5.52. The van der Waals surface area contributed by atoms with Crippen molar-refractivity contribution in [1.29, 1.82) is 0 Å². The second-order valence-electron chi connectivity index (χ2n) is 7.65. The molecule has 148 valence electrons. The van der Waals surface area contributed by atoms with Gasteiger partial charge in [0.1, 0.15) is 5.69 Å². The van der Waals surface area contributed by atoms with Gasteiger partial charge in [-0.25, -0.2) is 4.98 Å². The van der Waals surface area contributed by atoms with Crippen molar-refractivity contribution >= 4 is 11.8 Å². The van der Waals surface area contributed by atoms with Crippen molar-refractivity contribution in [1.82, 2.24) is 29.9 Å². The molecule has 4 heterocycles. The van der Waals surface area contributed by atoms with E-state index in [1.165, 1.54) is 6.20 Å². The van der Waals surface area contributed by atoms with Crippen molar-refractivity contribution in [3.8, 4) is 0 Å². The van der Waals surface area contributed by atoms with Gasteiger partial charge in [0.15, 0.2) is 5.82 Å². The van der Waals surface area contributed by atoms with Crippen LogP contribution in [0.5, 0.6) is 0 Å². The highest BCUT2D eigenvalue weighted by atomic mass is 16.5. The van der Waals surface area contributed by atoms with E-state index in [1.54, 1.807) is 18.0 Å². The number of amides is 2. The van der Waals surface area contributed by atoms with Gasteiger partial charge in [-0.3, -0.25) is 14.6 Å². The number of likely N-dealkylation sites (tertiary alicyclic amines) is 2. The SMILES string of the molecule is CC(=O)N1CCC(c2noc(CC3CN(C(=O)c4cnc(C)cn4)C3)n2)CC1. The van der Waals surface area contributed by atoms with Crippen LogP contribution in [0.1, 0.15) is 53.6 Å². The highest BCUT2D eigenvalue weighted by molar-refractivity contribution is 5.92. The number of aromatic nitrogens is 4. The fraction of sp³-hybridized carbons (Fsp3) is 0.579. The van der Waals surface area contributed by atoms with Crippen LogP contribution in [0, 0.1) is 12.8 Å². The molecule has 2 saturated heterocycles. The summed E-state index contributed by atoms with van der Waals surface area (Å²) < 4.78 is 5.42. The number of aryl methyl sites for hydroxylation is 1. The highest BCUT2D eigenvalue weighted by Gasteiger charge is 2.34. The van der Waals surface area contributed by atoms with Crippen LogP contribution in [0.15, 0.2) is 16.9 Å². The molecular formula is C19H24N6O3. The first kappa shape index (κ1) is 18.5. The topological polar surface area (TPSA) is 105 Å². The quantitative estimate of drug-likeness (QED) is 0.780. The van der Waals surface area contributed by atoms with E-state index in [-0.39, 0.29) is 17.7 Å². The molecule has 2 aliphatic heterocycles. The summed E-state index contributed by atoms with van der Waals surface area (Å²) in [5, 5.41) is 4.14. The van der Waals surface area contributed by atoms with E-state index >= 15 is 0 Å². The third-order valence-corrected chi connectivity index (χ3v) is 5.50. The Labute approximate surface area is 163 Å². The Balaban J connectivity index is 1.26. The molecule has 0 unspecified atom stereocenters. The van der Waals surface area contributed by atoms with Crippen LogP contribution in [-0.2, 0) is 11.2 Å². The monoisotopic (exact) mass is 384 g/mol.